The third-order valence-electron chi connectivity index (χ3n) is 2.90. The number of rotatable bonds is 5. The Morgan fingerprint density at radius 2 is 2.05 bits per heavy atom. The molecule has 2 N–H and O–H groups in total. The molecule has 4 nitrogen and oxygen atoms in total. The summed E-state index contributed by atoms with van der Waals surface area (Å²) in [5.41, 5.74) is 1.16. The summed E-state index contributed by atoms with van der Waals surface area (Å²) < 4.78 is 0. The molecule has 112 valence electrons. The fourth-order valence-electron chi connectivity index (χ4n) is 1.81. The van der Waals surface area contributed by atoms with Gasteiger partial charge in [-0.3, -0.25) is 4.99 Å². The molecule has 2 aromatic rings. The normalized spacial score (nSPS) is 11.5. The highest BCUT2D eigenvalue weighted by Crippen LogP contribution is 2.11. The lowest BCUT2D eigenvalue weighted by molar-refractivity contribution is 0.792. The first-order valence-corrected chi connectivity index (χ1v) is 7.97. The van der Waals surface area contributed by atoms with Crippen LogP contribution in [0.5, 0.6) is 0 Å². The minimum Gasteiger partial charge on any atom is -0.356 e. The number of guanidine groups is 1. The number of hydrogen-bond acceptors (Lipinski definition) is 3. The molecule has 21 heavy (non-hydrogen) atoms. The summed E-state index contributed by atoms with van der Waals surface area (Å²) in [6.45, 7) is 3.60. The van der Waals surface area contributed by atoms with Gasteiger partial charge in [-0.1, -0.05) is 23.7 Å². The molecule has 0 saturated carbocycles. The molecule has 1 aromatic carbocycles. The maximum atomic E-state index is 5.87. The highest BCUT2D eigenvalue weighted by Gasteiger charge is 2.01. The summed E-state index contributed by atoms with van der Waals surface area (Å²) in [5, 5.41) is 8.46. The highest BCUT2D eigenvalue weighted by atomic mass is 35.5. The van der Waals surface area contributed by atoms with Crippen molar-refractivity contribution in [1.29, 1.82) is 0 Å². The van der Waals surface area contributed by atoms with Crippen molar-refractivity contribution < 1.29 is 0 Å². The van der Waals surface area contributed by atoms with Crippen LogP contribution in [0.2, 0.25) is 5.02 Å². The number of hydrogen-bond donors (Lipinski definition) is 2. The maximum absolute atomic E-state index is 5.87. The fourth-order valence-corrected chi connectivity index (χ4v) is 2.73. The molecule has 0 aliphatic carbocycles. The molecule has 1 heterocycles. The van der Waals surface area contributed by atoms with Crippen molar-refractivity contribution >= 4 is 28.9 Å². The molecular formula is C15H19ClN4S. The molecule has 1 aromatic heterocycles. The number of thiazole rings is 1. The van der Waals surface area contributed by atoms with Crippen LogP contribution in [0, 0.1) is 6.92 Å². The molecule has 0 atom stereocenters. The van der Waals surface area contributed by atoms with E-state index in [0.29, 0.717) is 6.54 Å². The molecular weight excluding hydrogens is 304 g/mol. The largest absolute Gasteiger partial charge is 0.356 e. The second-order valence-corrected chi connectivity index (χ2v) is 6.35. The Balaban J connectivity index is 1.74. The molecule has 2 rings (SSSR count). The van der Waals surface area contributed by atoms with Crippen LogP contribution >= 0.6 is 22.9 Å². The summed E-state index contributed by atoms with van der Waals surface area (Å²) >= 11 is 7.60. The number of halogens is 1. The third-order valence-corrected chi connectivity index (χ3v) is 4.12. The van der Waals surface area contributed by atoms with Gasteiger partial charge in [0.2, 0.25) is 0 Å². The second kappa shape index (κ2) is 8.00. The van der Waals surface area contributed by atoms with Crippen molar-refractivity contribution in [1.82, 2.24) is 15.6 Å². The molecule has 0 fully saturated rings. The van der Waals surface area contributed by atoms with E-state index in [2.05, 4.69) is 27.5 Å². The first-order chi connectivity index (χ1) is 10.2. The van der Waals surface area contributed by atoms with E-state index in [4.69, 9.17) is 11.6 Å². The van der Waals surface area contributed by atoms with E-state index in [1.807, 2.05) is 30.5 Å². The predicted molar refractivity (Wildman–Crippen MR) is 90.2 cm³/mol. The summed E-state index contributed by atoms with van der Waals surface area (Å²) in [6.07, 6.45) is 2.81. The topological polar surface area (TPSA) is 49.3 Å². The molecule has 0 radical (unpaired) electrons. The van der Waals surface area contributed by atoms with E-state index in [0.717, 1.165) is 34.5 Å². The summed E-state index contributed by atoms with van der Waals surface area (Å²) in [6, 6.07) is 7.78. The van der Waals surface area contributed by atoms with E-state index in [1.54, 1.807) is 18.4 Å². The van der Waals surface area contributed by atoms with Crippen molar-refractivity contribution in [3.05, 3.63) is 50.9 Å². The van der Waals surface area contributed by atoms with E-state index >= 15 is 0 Å². The molecule has 0 aliphatic heterocycles. The zero-order chi connectivity index (χ0) is 15.1. The Morgan fingerprint density at radius 3 is 2.67 bits per heavy atom. The van der Waals surface area contributed by atoms with Crippen molar-refractivity contribution in [3.63, 3.8) is 0 Å². The summed E-state index contributed by atoms with van der Waals surface area (Å²) in [5.74, 6) is 0.790. The number of nitrogens with zero attached hydrogens (tertiary/aromatic N) is 2. The van der Waals surface area contributed by atoms with Crippen LogP contribution in [0.1, 0.15) is 15.4 Å². The smallest absolute Gasteiger partial charge is 0.191 e. The van der Waals surface area contributed by atoms with Gasteiger partial charge in [0.1, 0.15) is 0 Å². The van der Waals surface area contributed by atoms with Gasteiger partial charge in [-0.15, -0.1) is 11.3 Å². The van der Waals surface area contributed by atoms with Crippen molar-refractivity contribution in [2.24, 2.45) is 4.99 Å². The van der Waals surface area contributed by atoms with E-state index in [1.165, 1.54) is 4.88 Å². The van der Waals surface area contributed by atoms with Gasteiger partial charge in [0.05, 0.1) is 5.01 Å². The Hall–Kier alpha value is -1.59. The quantitative estimate of drug-likeness (QED) is 0.657. The van der Waals surface area contributed by atoms with Gasteiger partial charge < -0.3 is 10.6 Å². The number of nitrogens with one attached hydrogen (secondary N) is 2. The number of aryl methyl sites for hydroxylation is 1. The standard InChI is InChI=1S/C15H19ClN4S/c1-11-9-19-14(21-11)7-8-18-15(17-2)20-10-12-3-5-13(16)6-4-12/h3-6,9H,7-8,10H2,1-2H3,(H2,17,18,20). The highest BCUT2D eigenvalue weighted by molar-refractivity contribution is 7.11. The monoisotopic (exact) mass is 322 g/mol. The van der Waals surface area contributed by atoms with Crippen LogP contribution in [0.15, 0.2) is 35.5 Å². The number of aliphatic imine (C=N–C) groups is 1. The average molecular weight is 323 g/mol. The fraction of sp³-hybridized carbons (Fsp3) is 0.333. The molecule has 0 amide bonds. The first kappa shape index (κ1) is 15.8. The van der Waals surface area contributed by atoms with Crippen LogP contribution < -0.4 is 10.6 Å². The van der Waals surface area contributed by atoms with Gasteiger partial charge in [0, 0.05) is 42.7 Å². The van der Waals surface area contributed by atoms with E-state index in [9.17, 15) is 0 Å². The number of benzene rings is 1. The Kier molecular flexibility index (Phi) is 6.02. The Morgan fingerprint density at radius 1 is 1.29 bits per heavy atom. The zero-order valence-corrected chi connectivity index (χ0v) is 13.8. The zero-order valence-electron chi connectivity index (χ0n) is 12.2. The first-order valence-electron chi connectivity index (χ1n) is 6.77. The minimum atomic E-state index is 0.715. The van der Waals surface area contributed by atoms with Crippen LogP contribution in [0.3, 0.4) is 0 Å². The molecule has 0 spiro atoms. The summed E-state index contributed by atoms with van der Waals surface area (Å²) in [4.78, 5) is 9.80. The second-order valence-electron chi connectivity index (χ2n) is 4.59. The number of aromatic nitrogens is 1. The minimum absolute atomic E-state index is 0.715. The van der Waals surface area contributed by atoms with Gasteiger partial charge in [-0.05, 0) is 24.6 Å². The molecule has 0 saturated heterocycles. The maximum Gasteiger partial charge on any atom is 0.191 e. The van der Waals surface area contributed by atoms with Crippen molar-refractivity contribution in [3.8, 4) is 0 Å². The Bertz CT molecular complexity index is 592. The lowest BCUT2D eigenvalue weighted by Crippen LogP contribution is -2.37. The van der Waals surface area contributed by atoms with E-state index in [-0.39, 0.29) is 0 Å². The van der Waals surface area contributed by atoms with Crippen LogP contribution in [-0.4, -0.2) is 24.5 Å². The SMILES string of the molecule is CN=C(NCCc1ncc(C)s1)NCc1ccc(Cl)cc1. The van der Waals surface area contributed by atoms with Crippen LogP contribution in [0.4, 0.5) is 0 Å². The molecule has 6 heteroatoms. The van der Waals surface area contributed by atoms with Gasteiger partial charge in [-0.2, -0.15) is 0 Å². The third kappa shape index (κ3) is 5.36. The van der Waals surface area contributed by atoms with Gasteiger partial charge in [-0.25, -0.2) is 4.98 Å². The van der Waals surface area contributed by atoms with Crippen molar-refractivity contribution in [2.75, 3.05) is 13.6 Å². The lowest BCUT2D eigenvalue weighted by Gasteiger charge is -2.11. The van der Waals surface area contributed by atoms with Crippen LogP contribution in [0.25, 0.3) is 0 Å². The van der Waals surface area contributed by atoms with E-state index < -0.39 is 0 Å². The van der Waals surface area contributed by atoms with Crippen LogP contribution in [-0.2, 0) is 13.0 Å². The molecule has 0 unspecified atom stereocenters. The van der Waals surface area contributed by atoms with Gasteiger partial charge in [0.15, 0.2) is 5.96 Å². The molecule has 0 bridgehead atoms. The predicted octanol–water partition coefficient (Wildman–Crippen LogP) is 3.01. The Labute approximate surface area is 134 Å². The average Bonchev–Trinajstić information content (AvgIpc) is 2.90. The van der Waals surface area contributed by atoms with Gasteiger partial charge in [0.25, 0.3) is 0 Å². The molecule has 0 aliphatic rings. The lowest BCUT2D eigenvalue weighted by atomic mass is 10.2. The van der Waals surface area contributed by atoms with Gasteiger partial charge >= 0.3 is 0 Å². The summed E-state index contributed by atoms with van der Waals surface area (Å²) in [7, 11) is 1.77. The van der Waals surface area contributed by atoms with Crippen molar-refractivity contribution in [2.45, 2.75) is 19.9 Å².